The van der Waals surface area contributed by atoms with Crippen LogP contribution in [0.2, 0.25) is 0 Å². The van der Waals surface area contributed by atoms with Crippen molar-refractivity contribution in [3.8, 4) is 0 Å². The van der Waals surface area contributed by atoms with E-state index < -0.39 is 5.60 Å². The van der Waals surface area contributed by atoms with Crippen LogP contribution in [-0.2, 0) is 6.42 Å². The van der Waals surface area contributed by atoms with Crippen LogP contribution in [0, 0.1) is 5.92 Å². The second kappa shape index (κ2) is 5.43. The van der Waals surface area contributed by atoms with E-state index in [-0.39, 0.29) is 0 Å². The minimum Gasteiger partial charge on any atom is -0.389 e. The molecule has 2 aromatic carbocycles. The van der Waals surface area contributed by atoms with Gasteiger partial charge in [0.05, 0.1) is 25.2 Å². The summed E-state index contributed by atoms with van der Waals surface area (Å²) < 4.78 is 0. The highest BCUT2D eigenvalue weighted by Crippen LogP contribution is 2.31. The van der Waals surface area contributed by atoms with E-state index in [1.54, 1.807) is 0 Å². The molecule has 1 aliphatic heterocycles. The van der Waals surface area contributed by atoms with E-state index in [1.165, 1.54) is 21.2 Å². The molecule has 0 saturated carbocycles. The van der Waals surface area contributed by atoms with Crippen molar-refractivity contribution in [1.29, 1.82) is 0 Å². The van der Waals surface area contributed by atoms with Gasteiger partial charge in [0.15, 0.2) is 0 Å². The number of likely N-dealkylation sites (tertiary alicyclic amines) is 1. The number of hydrogen-bond donors (Lipinski definition) is 2. The molecule has 2 nitrogen and oxygen atoms in total. The van der Waals surface area contributed by atoms with Gasteiger partial charge in [0.2, 0.25) is 0 Å². The van der Waals surface area contributed by atoms with E-state index in [1.807, 2.05) is 0 Å². The first-order valence-corrected chi connectivity index (χ1v) is 8.01. The second-order valence-corrected chi connectivity index (χ2v) is 6.98. The predicted molar refractivity (Wildman–Crippen MR) is 87.6 cm³/mol. The van der Waals surface area contributed by atoms with Gasteiger partial charge in [0, 0.05) is 18.8 Å². The summed E-state index contributed by atoms with van der Waals surface area (Å²) in [7, 11) is 2.23. The molecule has 0 aliphatic carbocycles. The van der Waals surface area contributed by atoms with Crippen LogP contribution >= 0.6 is 0 Å². The normalized spacial score (nSPS) is 33.2. The minimum absolute atomic E-state index is 0.327. The van der Waals surface area contributed by atoms with E-state index in [2.05, 4.69) is 63.4 Å². The first kappa shape index (κ1) is 14.6. The van der Waals surface area contributed by atoms with E-state index in [0.717, 1.165) is 19.4 Å². The van der Waals surface area contributed by atoms with Crippen molar-refractivity contribution in [1.82, 2.24) is 0 Å². The highest BCUT2D eigenvalue weighted by Gasteiger charge is 2.43. The SMILES string of the molecule is C[C@@H]1C[NH+](C)[C@@H](C)C[C@]1(O)Cc1cccc2ccccc12. The molecule has 1 unspecified atom stereocenters. The summed E-state index contributed by atoms with van der Waals surface area (Å²) in [6.45, 7) is 5.48. The third kappa shape index (κ3) is 2.70. The number of aliphatic hydroxyl groups is 1. The Hall–Kier alpha value is -1.38. The molecule has 1 aliphatic rings. The molecule has 0 bridgehead atoms. The molecule has 0 aromatic heterocycles. The van der Waals surface area contributed by atoms with Crippen LogP contribution in [0.3, 0.4) is 0 Å². The van der Waals surface area contributed by atoms with Gasteiger partial charge in [0.1, 0.15) is 0 Å². The molecule has 1 saturated heterocycles. The van der Waals surface area contributed by atoms with Crippen LogP contribution in [0.25, 0.3) is 10.8 Å². The largest absolute Gasteiger partial charge is 0.389 e. The molecular formula is C19H26NO+. The third-order valence-electron chi connectivity index (χ3n) is 5.42. The number of rotatable bonds is 2. The lowest BCUT2D eigenvalue weighted by atomic mass is 9.75. The van der Waals surface area contributed by atoms with Gasteiger partial charge >= 0.3 is 0 Å². The predicted octanol–water partition coefficient (Wildman–Crippen LogP) is 2.06. The lowest BCUT2D eigenvalue weighted by Gasteiger charge is -2.43. The maximum atomic E-state index is 11.2. The topological polar surface area (TPSA) is 24.7 Å². The number of quaternary nitrogens is 1. The Labute approximate surface area is 127 Å². The lowest BCUT2D eigenvalue weighted by Crippen LogP contribution is -3.15. The van der Waals surface area contributed by atoms with E-state index in [9.17, 15) is 5.11 Å². The van der Waals surface area contributed by atoms with Gasteiger partial charge in [-0.2, -0.15) is 0 Å². The van der Waals surface area contributed by atoms with Crippen LogP contribution in [0.4, 0.5) is 0 Å². The molecule has 3 rings (SSSR count). The van der Waals surface area contributed by atoms with Crippen molar-refractivity contribution in [2.24, 2.45) is 5.92 Å². The third-order valence-corrected chi connectivity index (χ3v) is 5.42. The number of piperidine rings is 1. The minimum atomic E-state index is -0.580. The quantitative estimate of drug-likeness (QED) is 0.867. The fourth-order valence-electron chi connectivity index (χ4n) is 3.80. The molecule has 21 heavy (non-hydrogen) atoms. The van der Waals surface area contributed by atoms with Crippen molar-refractivity contribution < 1.29 is 10.0 Å². The van der Waals surface area contributed by atoms with Gasteiger partial charge in [0.25, 0.3) is 0 Å². The Morgan fingerprint density at radius 2 is 1.86 bits per heavy atom. The zero-order valence-corrected chi connectivity index (χ0v) is 13.3. The molecule has 4 atom stereocenters. The number of benzene rings is 2. The summed E-state index contributed by atoms with van der Waals surface area (Å²) in [6, 6.07) is 15.4. The molecule has 1 fully saturated rings. The van der Waals surface area contributed by atoms with Crippen molar-refractivity contribution in [2.45, 2.75) is 38.3 Å². The van der Waals surface area contributed by atoms with E-state index in [4.69, 9.17) is 0 Å². The summed E-state index contributed by atoms with van der Waals surface area (Å²) in [5, 5.41) is 13.8. The zero-order valence-electron chi connectivity index (χ0n) is 13.3. The second-order valence-electron chi connectivity index (χ2n) is 6.98. The molecular weight excluding hydrogens is 258 g/mol. The standard InChI is InChI=1S/C19H25NO/c1-14-13-20(3)15(2)11-19(14,21)12-17-9-6-8-16-7-4-5-10-18(16)17/h4-10,14-15,21H,11-13H2,1-3H3/p+1/t14-,15+,19+/m1/s1. The molecule has 2 heteroatoms. The van der Waals surface area contributed by atoms with Gasteiger partial charge in [-0.1, -0.05) is 49.4 Å². The van der Waals surface area contributed by atoms with Gasteiger partial charge in [-0.15, -0.1) is 0 Å². The number of nitrogens with one attached hydrogen (secondary N) is 1. The van der Waals surface area contributed by atoms with Crippen LogP contribution in [0.1, 0.15) is 25.8 Å². The Morgan fingerprint density at radius 3 is 2.67 bits per heavy atom. The first-order chi connectivity index (χ1) is 9.99. The first-order valence-electron chi connectivity index (χ1n) is 8.01. The molecule has 2 aromatic rings. The lowest BCUT2D eigenvalue weighted by molar-refractivity contribution is -0.916. The Kier molecular flexibility index (Phi) is 3.76. The molecule has 0 amide bonds. The molecule has 0 spiro atoms. The average molecular weight is 284 g/mol. The maximum absolute atomic E-state index is 11.2. The van der Waals surface area contributed by atoms with E-state index >= 15 is 0 Å². The Morgan fingerprint density at radius 1 is 1.14 bits per heavy atom. The highest BCUT2D eigenvalue weighted by atomic mass is 16.3. The zero-order chi connectivity index (χ0) is 15.0. The monoisotopic (exact) mass is 284 g/mol. The van der Waals surface area contributed by atoms with E-state index in [0.29, 0.717) is 12.0 Å². The van der Waals surface area contributed by atoms with Gasteiger partial charge in [-0.05, 0) is 23.3 Å². The molecule has 112 valence electrons. The summed E-state index contributed by atoms with van der Waals surface area (Å²) in [5.41, 5.74) is 0.692. The molecule has 1 heterocycles. The summed E-state index contributed by atoms with van der Waals surface area (Å²) in [6.07, 6.45) is 1.64. The van der Waals surface area contributed by atoms with Crippen LogP contribution in [0.15, 0.2) is 42.5 Å². The molecule has 0 radical (unpaired) electrons. The number of hydrogen-bond acceptors (Lipinski definition) is 1. The van der Waals surface area contributed by atoms with Crippen LogP contribution in [-0.4, -0.2) is 30.3 Å². The maximum Gasteiger partial charge on any atom is 0.0872 e. The van der Waals surface area contributed by atoms with Crippen LogP contribution in [0.5, 0.6) is 0 Å². The fraction of sp³-hybridized carbons (Fsp3) is 0.474. The van der Waals surface area contributed by atoms with Crippen molar-refractivity contribution in [2.75, 3.05) is 13.6 Å². The van der Waals surface area contributed by atoms with Crippen molar-refractivity contribution in [3.05, 3.63) is 48.0 Å². The average Bonchev–Trinajstić information content (AvgIpc) is 2.46. The highest BCUT2D eigenvalue weighted by molar-refractivity contribution is 5.85. The summed E-state index contributed by atoms with van der Waals surface area (Å²) in [4.78, 5) is 1.53. The molecule has 2 N–H and O–H groups in total. The summed E-state index contributed by atoms with van der Waals surface area (Å²) >= 11 is 0. The van der Waals surface area contributed by atoms with Gasteiger partial charge in [-0.25, -0.2) is 0 Å². The Bertz CT molecular complexity index is 633. The van der Waals surface area contributed by atoms with Gasteiger partial charge in [-0.3, -0.25) is 0 Å². The smallest absolute Gasteiger partial charge is 0.0872 e. The fourth-order valence-corrected chi connectivity index (χ4v) is 3.80. The van der Waals surface area contributed by atoms with Crippen LogP contribution < -0.4 is 4.90 Å². The Balaban J connectivity index is 1.94. The number of fused-ring (bicyclic) bond motifs is 1. The van der Waals surface area contributed by atoms with Gasteiger partial charge < -0.3 is 10.0 Å². The summed E-state index contributed by atoms with van der Waals surface area (Å²) in [5.74, 6) is 0.327. The van der Waals surface area contributed by atoms with Crippen molar-refractivity contribution in [3.63, 3.8) is 0 Å². The van der Waals surface area contributed by atoms with Crippen molar-refractivity contribution >= 4 is 10.8 Å².